The van der Waals surface area contributed by atoms with Gasteiger partial charge in [0.25, 0.3) is 0 Å². The fraction of sp³-hybridized carbons (Fsp3) is 0.650. The number of piperidine rings is 1. The van der Waals surface area contributed by atoms with Gasteiger partial charge in [-0.3, -0.25) is 0 Å². The van der Waals surface area contributed by atoms with Gasteiger partial charge < -0.3 is 14.7 Å². The summed E-state index contributed by atoms with van der Waals surface area (Å²) in [7, 11) is 1.62. The molecule has 4 heteroatoms. The standard InChI is InChI=1S/C20H26N2O2/c1-12-6-7-20-8-9-22(11-21)15(17(20)13(12)2)10-14-4-5-16(24-3)19(23)18(14)20/h4-5,12-13,15,17,23H,6-10H2,1-3H3/t12?,13?,15-,17+,20-/m1/s1. The van der Waals surface area contributed by atoms with Crippen LogP contribution in [0.2, 0.25) is 0 Å². The molecule has 2 bridgehead atoms. The van der Waals surface area contributed by atoms with Gasteiger partial charge in [0, 0.05) is 23.6 Å². The van der Waals surface area contributed by atoms with Crippen LogP contribution in [0.1, 0.15) is 44.2 Å². The molecular formula is C20H26N2O2. The highest BCUT2D eigenvalue weighted by atomic mass is 16.5. The topological polar surface area (TPSA) is 56.5 Å². The van der Waals surface area contributed by atoms with Crippen LogP contribution in [0.15, 0.2) is 12.1 Å². The van der Waals surface area contributed by atoms with E-state index in [0.717, 1.165) is 31.4 Å². The molecule has 1 aliphatic heterocycles. The van der Waals surface area contributed by atoms with Gasteiger partial charge in [-0.25, -0.2) is 0 Å². The van der Waals surface area contributed by atoms with E-state index < -0.39 is 0 Å². The van der Waals surface area contributed by atoms with Gasteiger partial charge in [0.05, 0.1) is 7.11 Å². The molecule has 0 radical (unpaired) electrons. The molecule has 4 rings (SSSR count). The molecular weight excluding hydrogens is 300 g/mol. The summed E-state index contributed by atoms with van der Waals surface area (Å²) in [4.78, 5) is 2.00. The van der Waals surface area contributed by atoms with Gasteiger partial charge in [0.1, 0.15) is 0 Å². The first-order valence-corrected chi connectivity index (χ1v) is 9.09. The maximum atomic E-state index is 11.0. The minimum atomic E-state index is -0.00382. The van der Waals surface area contributed by atoms with Gasteiger partial charge in [-0.1, -0.05) is 19.9 Å². The van der Waals surface area contributed by atoms with Crippen molar-refractivity contribution in [2.24, 2.45) is 17.8 Å². The van der Waals surface area contributed by atoms with Crippen molar-refractivity contribution in [1.29, 1.82) is 5.26 Å². The average molecular weight is 326 g/mol. The van der Waals surface area contributed by atoms with E-state index in [4.69, 9.17) is 4.74 Å². The van der Waals surface area contributed by atoms with Gasteiger partial charge in [-0.05, 0) is 55.1 Å². The second kappa shape index (κ2) is 5.31. The molecule has 5 atom stereocenters. The fourth-order valence-electron chi connectivity index (χ4n) is 5.97. The van der Waals surface area contributed by atoms with Crippen molar-refractivity contribution in [1.82, 2.24) is 4.90 Å². The van der Waals surface area contributed by atoms with Crippen molar-refractivity contribution in [3.05, 3.63) is 23.3 Å². The summed E-state index contributed by atoms with van der Waals surface area (Å²) in [5, 5.41) is 20.6. The number of phenols is 1. The zero-order chi connectivity index (χ0) is 17.1. The first kappa shape index (κ1) is 15.6. The molecule has 0 amide bonds. The van der Waals surface area contributed by atoms with Gasteiger partial charge in [-0.2, -0.15) is 5.26 Å². The monoisotopic (exact) mass is 326 g/mol. The maximum absolute atomic E-state index is 11.0. The van der Waals surface area contributed by atoms with Crippen LogP contribution in [0.3, 0.4) is 0 Å². The van der Waals surface area contributed by atoms with Crippen LogP contribution < -0.4 is 4.74 Å². The Labute approximate surface area is 144 Å². The van der Waals surface area contributed by atoms with Crippen molar-refractivity contribution in [3.63, 3.8) is 0 Å². The van der Waals surface area contributed by atoms with E-state index in [0.29, 0.717) is 29.3 Å². The SMILES string of the molecule is COc1ccc2c(c1O)[C@@]13CCC(C)C(C)[C@H]1[C@@H](C2)N(C#N)CC3. The van der Waals surface area contributed by atoms with Crippen LogP contribution in [0.4, 0.5) is 0 Å². The van der Waals surface area contributed by atoms with Crippen LogP contribution >= 0.6 is 0 Å². The fourth-order valence-corrected chi connectivity index (χ4v) is 5.97. The number of nitriles is 1. The molecule has 2 fully saturated rings. The quantitative estimate of drug-likeness (QED) is 0.803. The molecule has 1 heterocycles. The number of benzene rings is 1. The van der Waals surface area contributed by atoms with Gasteiger partial charge >= 0.3 is 0 Å². The zero-order valence-corrected chi connectivity index (χ0v) is 14.7. The highest BCUT2D eigenvalue weighted by Crippen LogP contribution is 2.61. The summed E-state index contributed by atoms with van der Waals surface area (Å²) >= 11 is 0. The smallest absolute Gasteiger partial charge is 0.179 e. The Morgan fingerprint density at radius 3 is 2.83 bits per heavy atom. The second-order valence-electron chi connectivity index (χ2n) is 8.02. The molecule has 2 aliphatic carbocycles. The lowest BCUT2D eigenvalue weighted by atomic mass is 9.48. The third-order valence-corrected chi connectivity index (χ3v) is 7.26. The molecule has 128 valence electrons. The molecule has 0 aromatic heterocycles. The Kier molecular flexibility index (Phi) is 3.46. The third kappa shape index (κ3) is 1.84. The number of ether oxygens (including phenoxy) is 1. The van der Waals surface area contributed by atoms with Crippen molar-refractivity contribution < 1.29 is 9.84 Å². The Hall–Kier alpha value is -1.89. The number of hydrogen-bond donors (Lipinski definition) is 1. The van der Waals surface area contributed by atoms with E-state index in [1.165, 1.54) is 12.0 Å². The number of nitrogens with zero attached hydrogens (tertiary/aromatic N) is 2. The summed E-state index contributed by atoms with van der Waals surface area (Å²) in [6, 6.07) is 4.23. The Morgan fingerprint density at radius 1 is 1.33 bits per heavy atom. The molecule has 0 spiro atoms. The minimum Gasteiger partial charge on any atom is -0.504 e. The molecule has 1 N–H and O–H groups in total. The van der Waals surface area contributed by atoms with Gasteiger partial charge in [0.15, 0.2) is 17.7 Å². The molecule has 3 aliphatic rings. The number of methoxy groups -OCH3 is 1. The lowest BCUT2D eigenvalue weighted by Gasteiger charge is -2.61. The number of hydrogen-bond acceptors (Lipinski definition) is 4. The molecule has 1 aromatic carbocycles. The van der Waals surface area contributed by atoms with Gasteiger partial charge in [-0.15, -0.1) is 0 Å². The summed E-state index contributed by atoms with van der Waals surface area (Å²) < 4.78 is 5.40. The van der Waals surface area contributed by atoms with E-state index in [1.54, 1.807) is 7.11 Å². The molecule has 4 nitrogen and oxygen atoms in total. The first-order chi connectivity index (χ1) is 11.5. The Morgan fingerprint density at radius 2 is 2.12 bits per heavy atom. The van der Waals surface area contributed by atoms with E-state index in [9.17, 15) is 10.4 Å². The number of rotatable bonds is 1. The predicted molar refractivity (Wildman–Crippen MR) is 91.8 cm³/mol. The number of fused-ring (bicyclic) bond motifs is 1. The van der Waals surface area contributed by atoms with Crippen molar-refractivity contribution in [3.8, 4) is 17.7 Å². The highest BCUT2D eigenvalue weighted by molar-refractivity contribution is 5.56. The van der Waals surface area contributed by atoms with E-state index in [1.807, 2.05) is 11.0 Å². The van der Waals surface area contributed by atoms with Crippen LogP contribution in [0.25, 0.3) is 0 Å². The Bertz CT molecular complexity index is 710. The zero-order valence-electron chi connectivity index (χ0n) is 14.7. The van der Waals surface area contributed by atoms with Crippen molar-refractivity contribution >= 4 is 0 Å². The second-order valence-corrected chi connectivity index (χ2v) is 8.02. The number of likely N-dealkylation sites (tertiary alicyclic amines) is 1. The summed E-state index contributed by atoms with van der Waals surface area (Å²) in [6.07, 6.45) is 6.53. The number of phenolic OH excluding ortho intramolecular Hbond substituents is 1. The molecule has 2 unspecified atom stereocenters. The lowest BCUT2D eigenvalue weighted by molar-refractivity contribution is -0.0367. The molecule has 1 aromatic rings. The summed E-state index contributed by atoms with van der Waals surface area (Å²) in [5.74, 6) is 2.57. The van der Waals surface area contributed by atoms with E-state index in [-0.39, 0.29) is 11.5 Å². The minimum absolute atomic E-state index is 0.00382. The van der Waals surface area contributed by atoms with Crippen LogP contribution in [0.5, 0.6) is 11.5 Å². The summed E-state index contributed by atoms with van der Waals surface area (Å²) in [6.45, 7) is 5.49. The maximum Gasteiger partial charge on any atom is 0.179 e. The van der Waals surface area contributed by atoms with Crippen molar-refractivity contribution in [2.75, 3.05) is 13.7 Å². The predicted octanol–water partition coefficient (Wildman–Crippen LogP) is 3.43. The normalized spacial score (nSPS) is 37.2. The third-order valence-electron chi connectivity index (χ3n) is 7.26. The van der Waals surface area contributed by atoms with Crippen LogP contribution in [0, 0.1) is 29.2 Å². The van der Waals surface area contributed by atoms with Gasteiger partial charge in [0.2, 0.25) is 0 Å². The Balaban J connectivity index is 1.94. The largest absolute Gasteiger partial charge is 0.504 e. The lowest BCUT2D eigenvalue weighted by Crippen LogP contribution is -2.62. The average Bonchev–Trinajstić information content (AvgIpc) is 2.58. The first-order valence-electron chi connectivity index (χ1n) is 9.09. The van der Waals surface area contributed by atoms with Crippen LogP contribution in [-0.2, 0) is 11.8 Å². The van der Waals surface area contributed by atoms with E-state index >= 15 is 0 Å². The van der Waals surface area contributed by atoms with Crippen molar-refractivity contribution in [2.45, 2.75) is 51.0 Å². The molecule has 1 saturated carbocycles. The van der Waals surface area contributed by atoms with E-state index in [2.05, 4.69) is 26.1 Å². The molecule has 1 saturated heterocycles. The summed E-state index contributed by atoms with van der Waals surface area (Å²) in [5.41, 5.74) is 2.33. The molecule has 24 heavy (non-hydrogen) atoms. The van der Waals surface area contributed by atoms with Crippen LogP contribution in [-0.4, -0.2) is 29.7 Å². The number of aromatic hydroxyl groups is 1. The highest BCUT2D eigenvalue weighted by Gasteiger charge is 2.58.